The summed E-state index contributed by atoms with van der Waals surface area (Å²) < 4.78 is 2.16. The van der Waals surface area contributed by atoms with Gasteiger partial charge in [-0.2, -0.15) is 5.10 Å². The first kappa shape index (κ1) is 16.5. The zero-order valence-electron chi connectivity index (χ0n) is 15.8. The van der Waals surface area contributed by atoms with Crippen LogP contribution in [0.1, 0.15) is 48.5 Å². The average molecular weight is 359 g/mol. The second kappa shape index (κ2) is 6.80. The summed E-state index contributed by atoms with van der Waals surface area (Å²) in [5, 5.41) is 4.63. The van der Waals surface area contributed by atoms with E-state index in [2.05, 4.69) is 44.9 Å². The first-order valence-corrected chi connectivity index (χ1v) is 9.97. The Labute approximate surface area is 160 Å². The Morgan fingerprint density at radius 1 is 1.07 bits per heavy atom. The van der Waals surface area contributed by atoms with Gasteiger partial charge in [0.1, 0.15) is 5.82 Å². The van der Waals surface area contributed by atoms with Crippen molar-refractivity contribution in [2.45, 2.75) is 51.6 Å². The van der Waals surface area contributed by atoms with E-state index in [9.17, 15) is 0 Å². The zero-order chi connectivity index (χ0) is 18.2. The number of aryl methyl sites for hydroxylation is 1. The SMILES string of the molecule is Cc1cccnc1N1CCc2ncc(-c3cnn(C4CCCC4)c3)cc2C1. The smallest absolute Gasteiger partial charge is 0.131 e. The van der Waals surface area contributed by atoms with E-state index in [4.69, 9.17) is 4.98 Å². The highest BCUT2D eigenvalue weighted by Gasteiger charge is 2.21. The molecule has 1 aliphatic carbocycles. The molecule has 5 nitrogen and oxygen atoms in total. The molecule has 0 saturated heterocycles. The molecule has 138 valence electrons. The minimum absolute atomic E-state index is 0.576. The molecule has 27 heavy (non-hydrogen) atoms. The molecule has 5 rings (SSSR count). The fourth-order valence-electron chi connectivity index (χ4n) is 4.43. The van der Waals surface area contributed by atoms with Crippen molar-refractivity contribution in [1.82, 2.24) is 19.7 Å². The highest BCUT2D eigenvalue weighted by atomic mass is 15.3. The van der Waals surface area contributed by atoms with Gasteiger partial charge in [0.2, 0.25) is 0 Å². The fourth-order valence-corrected chi connectivity index (χ4v) is 4.43. The summed E-state index contributed by atoms with van der Waals surface area (Å²) >= 11 is 0. The molecule has 5 heteroatoms. The van der Waals surface area contributed by atoms with Gasteiger partial charge in [0.15, 0.2) is 0 Å². The monoisotopic (exact) mass is 359 g/mol. The molecule has 0 radical (unpaired) electrons. The predicted octanol–water partition coefficient (Wildman–Crippen LogP) is 4.33. The van der Waals surface area contributed by atoms with Crippen LogP contribution in [0.3, 0.4) is 0 Å². The second-order valence-electron chi connectivity index (χ2n) is 7.79. The van der Waals surface area contributed by atoms with E-state index in [1.165, 1.54) is 48.1 Å². The van der Waals surface area contributed by atoms with Crippen molar-refractivity contribution in [3.8, 4) is 11.1 Å². The average Bonchev–Trinajstić information content (AvgIpc) is 3.39. The summed E-state index contributed by atoms with van der Waals surface area (Å²) in [5.74, 6) is 1.09. The van der Waals surface area contributed by atoms with Crippen LogP contribution in [0.4, 0.5) is 5.82 Å². The quantitative estimate of drug-likeness (QED) is 0.698. The number of rotatable bonds is 3. The Bertz CT molecular complexity index is 955. The van der Waals surface area contributed by atoms with Crippen LogP contribution in [0.5, 0.6) is 0 Å². The first-order chi connectivity index (χ1) is 13.3. The molecule has 1 saturated carbocycles. The van der Waals surface area contributed by atoms with Gasteiger partial charge in [-0.25, -0.2) is 4.98 Å². The topological polar surface area (TPSA) is 46.8 Å². The summed E-state index contributed by atoms with van der Waals surface area (Å²) in [5.41, 5.74) is 6.08. The molecule has 3 aromatic heterocycles. The Balaban J connectivity index is 1.42. The highest BCUT2D eigenvalue weighted by Crippen LogP contribution is 2.31. The molecule has 0 atom stereocenters. The van der Waals surface area contributed by atoms with E-state index in [0.29, 0.717) is 6.04 Å². The van der Waals surface area contributed by atoms with Gasteiger partial charge in [0, 0.05) is 54.9 Å². The van der Waals surface area contributed by atoms with Crippen molar-refractivity contribution in [3.05, 3.63) is 59.8 Å². The van der Waals surface area contributed by atoms with E-state index in [0.717, 1.165) is 30.9 Å². The van der Waals surface area contributed by atoms with Gasteiger partial charge in [-0.3, -0.25) is 9.67 Å². The van der Waals surface area contributed by atoms with Gasteiger partial charge in [-0.15, -0.1) is 0 Å². The molecule has 1 aliphatic heterocycles. The van der Waals surface area contributed by atoms with Crippen molar-refractivity contribution in [2.24, 2.45) is 0 Å². The lowest BCUT2D eigenvalue weighted by atomic mass is 10.0. The Morgan fingerprint density at radius 3 is 2.81 bits per heavy atom. The number of nitrogens with zero attached hydrogens (tertiary/aromatic N) is 5. The molecular weight excluding hydrogens is 334 g/mol. The van der Waals surface area contributed by atoms with Crippen LogP contribution in [0, 0.1) is 6.92 Å². The third-order valence-corrected chi connectivity index (χ3v) is 5.95. The summed E-state index contributed by atoms with van der Waals surface area (Å²) in [6.45, 7) is 3.96. The van der Waals surface area contributed by atoms with Crippen molar-refractivity contribution in [1.29, 1.82) is 0 Å². The molecular formula is C22H25N5. The molecule has 0 spiro atoms. The molecule has 0 bridgehead atoms. The third-order valence-electron chi connectivity index (χ3n) is 5.95. The van der Waals surface area contributed by atoms with Gasteiger partial charge in [0.25, 0.3) is 0 Å². The number of hydrogen-bond donors (Lipinski definition) is 0. The lowest BCUT2D eigenvalue weighted by Crippen LogP contribution is -2.32. The lowest BCUT2D eigenvalue weighted by Gasteiger charge is -2.30. The van der Waals surface area contributed by atoms with Crippen molar-refractivity contribution in [3.63, 3.8) is 0 Å². The molecule has 1 fully saturated rings. The molecule has 0 amide bonds. The minimum atomic E-state index is 0.576. The van der Waals surface area contributed by atoms with Gasteiger partial charge >= 0.3 is 0 Å². The number of hydrogen-bond acceptors (Lipinski definition) is 4. The van der Waals surface area contributed by atoms with E-state index in [-0.39, 0.29) is 0 Å². The largest absolute Gasteiger partial charge is 0.352 e. The number of anilines is 1. The van der Waals surface area contributed by atoms with E-state index >= 15 is 0 Å². The van der Waals surface area contributed by atoms with Crippen LogP contribution in [-0.4, -0.2) is 26.3 Å². The second-order valence-corrected chi connectivity index (χ2v) is 7.79. The Kier molecular flexibility index (Phi) is 4.15. The normalized spacial score (nSPS) is 17.3. The van der Waals surface area contributed by atoms with Crippen LogP contribution in [0.15, 0.2) is 43.0 Å². The minimum Gasteiger partial charge on any atom is -0.352 e. The molecule has 0 aromatic carbocycles. The number of aromatic nitrogens is 4. The highest BCUT2D eigenvalue weighted by molar-refractivity contribution is 5.62. The summed E-state index contributed by atoms with van der Waals surface area (Å²) in [4.78, 5) is 11.7. The standard InChI is InChI=1S/C22H25N5/c1-16-5-4-9-23-22(16)26-10-8-21-18(14-26)11-17(12-24-21)19-13-25-27(15-19)20-6-2-3-7-20/h4-5,9,11-13,15,20H,2-3,6-8,10,14H2,1H3. The van der Waals surface area contributed by atoms with Gasteiger partial charge in [0.05, 0.1) is 12.2 Å². The van der Waals surface area contributed by atoms with Crippen molar-refractivity contribution in [2.75, 3.05) is 11.4 Å². The van der Waals surface area contributed by atoms with Crippen LogP contribution >= 0.6 is 0 Å². The van der Waals surface area contributed by atoms with E-state index < -0.39 is 0 Å². The summed E-state index contributed by atoms with van der Waals surface area (Å²) in [6, 6.07) is 7.00. The predicted molar refractivity (Wildman–Crippen MR) is 107 cm³/mol. The lowest BCUT2D eigenvalue weighted by molar-refractivity contribution is 0.467. The maximum absolute atomic E-state index is 4.77. The van der Waals surface area contributed by atoms with Crippen LogP contribution in [0.25, 0.3) is 11.1 Å². The van der Waals surface area contributed by atoms with Crippen LogP contribution in [0.2, 0.25) is 0 Å². The van der Waals surface area contributed by atoms with Gasteiger partial charge < -0.3 is 4.90 Å². The number of fused-ring (bicyclic) bond motifs is 1. The fraction of sp³-hybridized carbons (Fsp3) is 0.409. The Morgan fingerprint density at radius 2 is 1.96 bits per heavy atom. The third kappa shape index (κ3) is 3.11. The van der Waals surface area contributed by atoms with Crippen LogP contribution < -0.4 is 4.90 Å². The Hall–Kier alpha value is -2.69. The zero-order valence-corrected chi connectivity index (χ0v) is 15.8. The number of pyridine rings is 2. The molecule has 0 unspecified atom stereocenters. The maximum Gasteiger partial charge on any atom is 0.131 e. The van der Waals surface area contributed by atoms with E-state index in [1.54, 1.807) is 0 Å². The summed E-state index contributed by atoms with van der Waals surface area (Å²) in [6.07, 6.45) is 14.2. The molecule has 2 aliphatic rings. The van der Waals surface area contributed by atoms with Crippen LogP contribution in [-0.2, 0) is 13.0 Å². The maximum atomic E-state index is 4.77. The van der Waals surface area contributed by atoms with Gasteiger partial charge in [-0.1, -0.05) is 18.9 Å². The summed E-state index contributed by atoms with van der Waals surface area (Å²) in [7, 11) is 0. The first-order valence-electron chi connectivity index (χ1n) is 9.97. The van der Waals surface area contributed by atoms with Gasteiger partial charge in [-0.05, 0) is 43.0 Å². The molecule has 0 N–H and O–H groups in total. The van der Waals surface area contributed by atoms with Crippen molar-refractivity contribution >= 4 is 5.82 Å². The van der Waals surface area contributed by atoms with Crippen molar-refractivity contribution < 1.29 is 0 Å². The molecule has 3 aromatic rings. The van der Waals surface area contributed by atoms with E-state index in [1.807, 2.05) is 24.7 Å². The molecule has 4 heterocycles.